The van der Waals surface area contributed by atoms with Crippen molar-refractivity contribution < 1.29 is 9.59 Å². The Kier molecular flexibility index (Phi) is 6.46. The zero-order valence-corrected chi connectivity index (χ0v) is 10.7. The molecule has 0 spiro atoms. The summed E-state index contributed by atoms with van der Waals surface area (Å²) in [5, 5.41) is 2.52. The molecule has 0 aromatic carbocycles. The summed E-state index contributed by atoms with van der Waals surface area (Å²) in [6.07, 6.45) is 0.862. The fourth-order valence-corrected chi connectivity index (χ4v) is 1.52. The van der Waals surface area contributed by atoms with Crippen molar-refractivity contribution in [3.05, 3.63) is 12.3 Å². The molecule has 1 rings (SSSR count). The number of hydrogen-bond acceptors (Lipinski definition) is 2. The third-order valence-electron chi connectivity index (χ3n) is 2.54. The molecule has 1 heterocycles. The van der Waals surface area contributed by atoms with Crippen molar-refractivity contribution >= 4 is 11.8 Å². The maximum atomic E-state index is 11.4. The van der Waals surface area contributed by atoms with Crippen LogP contribution in [-0.2, 0) is 9.59 Å². The van der Waals surface area contributed by atoms with Crippen molar-refractivity contribution in [3.8, 4) is 0 Å². The van der Waals surface area contributed by atoms with Crippen LogP contribution in [0, 0.1) is 5.92 Å². The van der Waals surface area contributed by atoms with Crippen molar-refractivity contribution in [1.29, 1.82) is 0 Å². The first-order valence-electron chi connectivity index (χ1n) is 5.76. The van der Waals surface area contributed by atoms with E-state index in [4.69, 9.17) is 0 Å². The summed E-state index contributed by atoms with van der Waals surface area (Å²) in [6.45, 7) is 10.3. The molecule has 1 atom stereocenters. The van der Waals surface area contributed by atoms with Gasteiger partial charge in [-0.25, -0.2) is 0 Å². The van der Waals surface area contributed by atoms with Crippen molar-refractivity contribution in [2.24, 2.45) is 5.92 Å². The largest absolute Gasteiger partial charge is 0.359 e. The SMILES string of the molecule is C=C1C(C)CC(=O)N1CCC(=O)NC.CC. The average molecular weight is 226 g/mol. The van der Waals surface area contributed by atoms with E-state index in [0.29, 0.717) is 19.4 Å². The highest BCUT2D eigenvalue weighted by Crippen LogP contribution is 2.26. The molecule has 0 radical (unpaired) electrons. The lowest BCUT2D eigenvalue weighted by molar-refractivity contribution is -0.127. The standard InChI is InChI=1S/C10H16N2O2.C2H6/c1-7-6-10(14)12(8(7)2)5-4-9(13)11-3;1-2/h7H,2,4-6H2,1,3H3,(H,11,13);1-2H3. The molecule has 4 heteroatoms. The van der Waals surface area contributed by atoms with E-state index in [9.17, 15) is 9.59 Å². The van der Waals surface area contributed by atoms with Crippen LogP contribution in [0.4, 0.5) is 0 Å². The quantitative estimate of drug-likeness (QED) is 0.793. The molecule has 92 valence electrons. The Labute approximate surface area is 97.7 Å². The van der Waals surface area contributed by atoms with E-state index in [0.717, 1.165) is 5.70 Å². The molecule has 0 aromatic rings. The van der Waals surface area contributed by atoms with E-state index in [-0.39, 0.29) is 17.7 Å². The lowest BCUT2D eigenvalue weighted by Gasteiger charge is -2.17. The number of carbonyl (C=O) groups is 2. The Morgan fingerprint density at radius 2 is 2.12 bits per heavy atom. The number of nitrogens with zero attached hydrogens (tertiary/aromatic N) is 1. The van der Waals surface area contributed by atoms with Crippen LogP contribution in [0.2, 0.25) is 0 Å². The third-order valence-corrected chi connectivity index (χ3v) is 2.54. The molecule has 2 amide bonds. The molecule has 1 saturated heterocycles. The summed E-state index contributed by atoms with van der Waals surface area (Å²) < 4.78 is 0. The molecular formula is C12H22N2O2. The number of amides is 2. The van der Waals surface area contributed by atoms with Gasteiger partial charge in [0.15, 0.2) is 0 Å². The molecule has 16 heavy (non-hydrogen) atoms. The van der Waals surface area contributed by atoms with E-state index in [1.54, 1.807) is 11.9 Å². The molecule has 0 saturated carbocycles. The minimum Gasteiger partial charge on any atom is -0.359 e. The fourth-order valence-electron chi connectivity index (χ4n) is 1.52. The van der Waals surface area contributed by atoms with Gasteiger partial charge in [-0.1, -0.05) is 27.4 Å². The van der Waals surface area contributed by atoms with Crippen molar-refractivity contribution in [2.45, 2.75) is 33.6 Å². The summed E-state index contributed by atoms with van der Waals surface area (Å²) in [4.78, 5) is 24.0. The maximum absolute atomic E-state index is 11.4. The van der Waals surface area contributed by atoms with Crippen LogP contribution < -0.4 is 5.32 Å². The summed E-state index contributed by atoms with van der Waals surface area (Å²) in [7, 11) is 1.59. The number of hydrogen-bond donors (Lipinski definition) is 1. The topological polar surface area (TPSA) is 49.4 Å². The lowest BCUT2D eigenvalue weighted by atomic mass is 10.1. The number of likely N-dealkylation sites (tertiary alicyclic amines) is 1. The van der Waals surface area contributed by atoms with E-state index >= 15 is 0 Å². The fraction of sp³-hybridized carbons (Fsp3) is 0.667. The number of allylic oxidation sites excluding steroid dienone is 1. The first-order chi connectivity index (χ1) is 7.56. The number of nitrogens with one attached hydrogen (secondary N) is 1. The van der Waals surface area contributed by atoms with E-state index < -0.39 is 0 Å². The van der Waals surface area contributed by atoms with Gasteiger partial charge in [-0.05, 0) is 0 Å². The van der Waals surface area contributed by atoms with Crippen molar-refractivity contribution in [2.75, 3.05) is 13.6 Å². The summed E-state index contributed by atoms with van der Waals surface area (Å²) in [5.41, 5.74) is 0.832. The van der Waals surface area contributed by atoms with Crippen LogP contribution in [0.25, 0.3) is 0 Å². The van der Waals surface area contributed by atoms with Crippen LogP contribution in [0.3, 0.4) is 0 Å². The zero-order chi connectivity index (χ0) is 12.7. The molecule has 0 aromatic heterocycles. The van der Waals surface area contributed by atoms with Crippen molar-refractivity contribution in [1.82, 2.24) is 10.2 Å². The Balaban J connectivity index is 0.00000106. The number of rotatable bonds is 3. The van der Waals surface area contributed by atoms with Crippen LogP contribution in [0.5, 0.6) is 0 Å². The minimum absolute atomic E-state index is 0.0508. The van der Waals surface area contributed by atoms with Crippen molar-refractivity contribution in [3.63, 3.8) is 0 Å². The van der Waals surface area contributed by atoms with Gasteiger partial charge in [0.05, 0.1) is 0 Å². The molecular weight excluding hydrogens is 204 g/mol. The second-order valence-corrected chi connectivity index (χ2v) is 3.57. The van der Waals surface area contributed by atoms with Gasteiger partial charge in [0.25, 0.3) is 0 Å². The highest BCUT2D eigenvalue weighted by Gasteiger charge is 2.30. The van der Waals surface area contributed by atoms with Gasteiger partial charge in [-0.3, -0.25) is 9.59 Å². The van der Waals surface area contributed by atoms with Crippen LogP contribution in [0.15, 0.2) is 12.3 Å². The summed E-state index contributed by atoms with van der Waals surface area (Å²) in [6, 6.07) is 0. The van der Waals surface area contributed by atoms with Gasteiger partial charge in [0, 0.05) is 38.0 Å². The highest BCUT2D eigenvalue weighted by molar-refractivity contribution is 5.83. The Hall–Kier alpha value is -1.32. The first kappa shape index (κ1) is 14.7. The van der Waals surface area contributed by atoms with E-state index in [1.807, 2.05) is 20.8 Å². The zero-order valence-electron chi connectivity index (χ0n) is 10.7. The van der Waals surface area contributed by atoms with Gasteiger partial charge >= 0.3 is 0 Å². The van der Waals surface area contributed by atoms with Gasteiger partial charge in [0.2, 0.25) is 11.8 Å². The first-order valence-corrected chi connectivity index (χ1v) is 5.76. The van der Waals surface area contributed by atoms with Gasteiger partial charge < -0.3 is 10.2 Å². The minimum atomic E-state index is -0.0508. The Morgan fingerprint density at radius 3 is 2.50 bits per heavy atom. The average Bonchev–Trinajstić information content (AvgIpc) is 2.53. The second-order valence-electron chi connectivity index (χ2n) is 3.57. The number of carbonyl (C=O) groups excluding carboxylic acids is 2. The smallest absolute Gasteiger partial charge is 0.227 e. The molecule has 1 aliphatic rings. The Morgan fingerprint density at radius 1 is 1.56 bits per heavy atom. The van der Waals surface area contributed by atoms with E-state index in [2.05, 4.69) is 11.9 Å². The van der Waals surface area contributed by atoms with Gasteiger partial charge in [0.1, 0.15) is 0 Å². The monoisotopic (exact) mass is 226 g/mol. The van der Waals surface area contributed by atoms with Gasteiger partial charge in [-0.2, -0.15) is 0 Å². The maximum Gasteiger partial charge on any atom is 0.227 e. The predicted octanol–water partition coefficient (Wildman–Crippen LogP) is 1.53. The lowest BCUT2D eigenvalue weighted by Crippen LogP contribution is -2.29. The second kappa shape index (κ2) is 7.04. The van der Waals surface area contributed by atoms with Gasteiger partial charge in [-0.15, -0.1) is 0 Å². The summed E-state index contributed by atoms with van der Waals surface area (Å²) in [5.74, 6) is 0.240. The molecule has 1 fully saturated rings. The highest BCUT2D eigenvalue weighted by atomic mass is 16.2. The molecule has 1 aliphatic heterocycles. The molecule has 0 bridgehead atoms. The predicted molar refractivity (Wildman–Crippen MR) is 64.7 cm³/mol. The molecule has 1 unspecified atom stereocenters. The Bertz CT molecular complexity index is 274. The van der Waals surface area contributed by atoms with Crippen LogP contribution in [-0.4, -0.2) is 30.3 Å². The summed E-state index contributed by atoms with van der Waals surface area (Å²) >= 11 is 0. The van der Waals surface area contributed by atoms with Crippen LogP contribution >= 0.6 is 0 Å². The molecule has 4 nitrogen and oxygen atoms in total. The normalized spacial score (nSPS) is 19.2. The molecule has 0 aliphatic carbocycles. The van der Waals surface area contributed by atoms with E-state index in [1.165, 1.54) is 0 Å². The third kappa shape index (κ3) is 3.68. The molecule has 1 N–H and O–H groups in total. The van der Waals surface area contributed by atoms with Crippen LogP contribution in [0.1, 0.15) is 33.6 Å².